The van der Waals surface area contributed by atoms with Crippen molar-refractivity contribution in [1.82, 2.24) is 10.4 Å². The van der Waals surface area contributed by atoms with E-state index >= 15 is 0 Å². The smallest absolute Gasteiger partial charge is 0.326 e. The molecule has 0 radical (unpaired) electrons. The largest absolute Gasteiger partial charge is 0.481 e. The third kappa shape index (κ3) is 11.1. The summed E-state index contributed by atoms with van der Waals surface area (Å²) in [5, 5.41) is 21.0. The number of carboxylic acid groups (broad SMARTS) is 2. The van der Waals surface area contributed by atoms with Crippen LogP contribution in [-0.4, -0.2) is 63.2 Å². The number of hydroxylamine groups is 2. The Labute approximate surface area is 191 Å². The normalized spacial score (nSPS) is 12.8. The first-order valence-electron chi connectivity index (χ1n) is 10.3. The average Bonchev–Trinajstić information content (AvgIpc) is 2.72. The van der Waals surface area contributed by atoms with Crippen LogP contribution in [0, 0.1) is 0 Å². The summed E-state index contributed by atoms with van der Waals surface area (Å²) in [5.74, 6) is -4.18. The number of rotatable bonds is 14. The Morgan fingerprint density at radius 1 is 1.06 bits per heavy atom. The van der Waals surface area contributed by atoms with E-state index in [1.165, 1.54) is 0 Å². The Balaban J connectivity index is 2.98. The molecule has 0 saturated carbocycles. The van der Waals surface area contributed by atoms with Gasteiger partial charge in [-0.15, -0.1) is 0 Å². The first-order valence-corrected chi connectivity index (χ1v) is 10.3. The van der Waals surface area contributed by atoms with Crippen molar-refractivity contribution in [2.45, 2.75) is 70.7 Å². The molecule has 0 fully saturated rings. The number of hydrogen-bond donors (Lipinski definition) is 3. The summed E-state index contributed by atoms with van der Waals surface area (Å²) < 4.78 is 5.22. The average molecular weight is 466 g/mol. The monoisotopic (exact) mass is 466 g/mol. The fourth-order valence-electron chi connectivity index (χ4n) is 2.73. The molecule has 0 aromatic heterocycles. The molecule has 0 aliphatic carbocycles. The van der Waals surface area contributed by atoms with Crippen LogP contribution in [-0.2, 0) is 40.2 Å². The number of aliphatic carboxylic acids is 2. The van der Waals surface area contributed by atoms with Gasteiger partial charge in [0.1, 0.15) is 24.3 Å². The summed E-state index contributed by atoms with van der Waals surface area (Å²) in [6, 6.07) is 5.94. The number of hydrogen-bond acceptors (Lipinski definition) is 7. The first kappa shape index (κ1) is 27.6. The van der Waals surface area contributed by atoms with Crippen molar-refractivity contribution in [3.8, 4) is 0 Å². The van der Waals surface area contributed by atoms with Gasteiger partial charge in [0.05, 0.1) is 0 Å². The predicted molar refractivity (Wildman–Crippen MR) is 114 cm³/mol. The summed E-state index contributed by atoms with van der Waals surface area (Å²) in [7, 11) is 0. The molecule has 1 aromatic carbocycles. The van der Waals surface area contributed by atoms with Crippen LogP contribution in [0.4, 0.5) is 0 Å². The molecule has 11 heteroatoms. The Bertz CT molecular complexity index is 821. The standard InChI is InChI=1S/C22H30N2O9/c1-22(2,3)33-19(28)12-10-17(20(29)23-16(21(30)31)9-11-18(26)27)24(14-25)32-13-15-7-5-4-6-8-15/h4-8,14,16-17H,9-13H2,1-3H3,(H,23,29)(H,26,27)(H,30,31)/t16-,17-/m0/s1. The maximum atomic E-state index is 12.9. The van der Waals surface area contributed by atoms with E-state index in [1.54, 1.807) is 51.1 Å². The molecule has 0 unspecified atom stereocenters. The van der Waals surface area contributed by atoms with E-state index in [0.717, 1.165) is 0 Å². The van der Waals surface area contributed by atoms with Crippen LogP contribution in [0.15, 0.2) is 30.3 Å². The number of ether oxygens (including phenoxy) is 1. The summed E-state index contributed by atoms with van der Waals surface area (Å²) in [5.41, 5.74) is -0.0469. The Hall–Kier alpha value is -3.47. The van der Waals surface area contributed by atoms with E-state index in [1.807, 2.05) is 0 Å². The van der Waals surface area contributed by atoms with Crippen molar-refractivity contribution in [3.63, 3.8) is 0 Å². The lowest BCUT2D eigenvalue weighted by Crippen LogP contribution is -2.51. The van der Waals surface area contributed by atoms with Crippen LogP contribution in [0.25, 0.3) is 0 Å². The van der Waals surface area contributed by atoms with Gasteiger partial charge >= 0.3 is 17.9 Å². The van der Waals surface area contributed by atoms with E-state index in [9.17, 15) is 29.1 Å². The highest BCUT2D eigenvalue weighted by molar-refractivity contribution is 5.88. The lowest BCUT2D eigenvalue weighted by Gasteiger charge is -2.28. The van der Waals surface area contributed by atoms with Gasteiger partial charge in [0.15, 0.2) is 0 Å². The lowest BCUT2D eigenvalue weighted by atomic mass is 10.1. The van der Waals surface area contributed by atoms with Gasteiger partial charge in [-0.25, -0.2) is 9.86 Å². The molecule has 182 valence electrons. The topological polar surface area (TPSA) is 160 Å². The van der Waals surface area contributed by atoms with E-state index in [-0.39, 0.29) is 32.3 Å². The van der Waals surface area contributed by atoms with Gasteiger partial charge in [0.2, 0.25) is 12.3 Å². The minimum absolute atomic E-state index is 0.0584. The number of carbonyl (C=O) groups excluding carboxylic acids is 3. The number of carbonyl (C=O) groups is 5. The molecule has 0 saturated heterocycles. The van der Waals surface area contributed by atoms with Gasteiger partial charge in [-0.2, -0.15) is 0 Å². The molecular weight excluding hydrogens is 436 g/mol. The quantitative estimate of drug-likeness (QED) is 0.210. The number of esters is 1. The highest BCUT2D eigenvalue weighted by atomic mass is 16.7. The number of nitrogens with zero attached hydrogens (tertiary/aromatic N) is 1. The van der Waals surface area contributed by atoms with Crippen molar-refractivity contribution in [1.29, 1.82) is 0 Å². The van der Waals surface area contributed by atoms with Crippen LogP contribution in [0.5, 0.6) is 0 Å². The third-order valence-corrected chi connectivity index (χ3v) is 4.24. The Morgan fingerprint density at radius 3 is 2.21 bits per heavy atom. The zero-order valence-electron chi connectivity index (χ0n) is 18.9. The molecule has 33 heavy (non-hydrogen) atoms. The summed E-state index contributed by atoms with van der Waals surface area (Å²) >= 11 is 0. The molecule has 1 rings (SSSR count). The second kappa shape index (κ2) is 13.2. The molecule has 2 atom stereocenters. The fraction of sp³-hybridized carbons (Fsp3) is 0.500. The third-order valence-electron chi connectivity index (χ3n) is 4.24. The molecule has 0 aliphatic heterocycles. The van der Waals surface area contributed by atoms with Gasteiger partial charge in [-0.1, -0.05) is 30.3 Å². The number of carboxylic acids is 2. The Morgan fingerprint density at radius 2 is 1.70 bits per heavy atom. The maximum absolute atomic E-state index is 12.9. The van der Waals surface area contributed by atoms with E-state index in [4.69, 9.17) is 14.7 Å². The van der Waals surface area contributed by atoms with Crippen molar-refractivity contribution in [2.75, 3.05) is 0 Å². The molecular formula is C22H30N2O9. The zero-order valence-corrected chi connectivity index (χ0v) is 18.9. The second-order valence-corrected chi connectivity index (χ2v) is 8.20. The van der Waals surface area contributed by atoms with E-state index in [0.29, 0.717) is 10.6 Å². The zero-order chi connectivity index (χ0) is 25.0. The van der Waals surface area contributed by atoms with Crippen molar-refractivity contribution in [2.24, 2.45) is 0 Å². The highest BCUT2D eigenvalue weighted by Crippen LogP contribution is 2.14. The van der Waals surface area contributed by atoms with Crippen LogP contribution in [0.1, 0.15) is 52.0 Å². The highest BCUT2D eigenvalue weighted by Gasteiger charge is 2.31. The lowest BCUT2D eigenvalue weighted by molar-refractivity contribution is -0.197. The molecule has 2 amide bonds. The van der Waals surface area contributed by atoms with Gasteiger partial charge < -0.3 is 20.3 Å². The van der Waals surface area contributed by atoms with E-state index in [2.05, 4.69) is 5.32 Å². The van der Waals surface area contributed by atoms with Crippen LogP contribution in [0.3, 0.4) is 0 Å². The van der Waals surface area contributed by atoms with Gasteiger partial charge in [0, 0.05) is 12.8 Å². The SMILES string of the molecule is CC(C)(C)OC(=O)CC[C@@H](C(=O)N[C@@H](CCC(=O)O)C(=O)O)N(C=O)OCc1ccccc1. The molecule has 0 heterocycles. The van der Waals surface area contributed by atoms with Gasteiger partial charge in [0.25, 0.3) is 0 Å². The van der Waals surface area contributed by atoms with Gasteiger partial charge in [-0.3, -0.25) is 24.0 Å². The maximum Gasteiger partial charge on any atom is 0.326 e. The van der Waals surface area contributed by atoms with Crippen LogP contribution in [0.2, 0.25) is 0 Å². The minimum atomic E-state index is -1.50. The fourth-order valence-corrected chi connectivity index (χ4v) is 2.73. The second-order valence-electron chi connectivity index (χ2n) is 8.20. The number of nitrogens with one attached hydrogen (secondary N) is 1. The van der Waals surface area contributed by atoms with Gasteiger partial charge in [-0.05, 0) is 39.2 Å². The van der Waals surface area contributed by atoms with Crippen molar-refractivity contribution in [3.05, 3.63) is 35.9 Å². The molecule has 1 aromatic rings. The predicted octanol–water partition coefficient (Wildman–Crippen LogP) is 1.50. The number of amides is 2. The van der Waals surface area contributed by atoms with Crippen molar-refractivity contribution < 1.29 is 43.8 Å². The summed E-state index contributed by atoms with van der Waals surface area (Å²) in [4.78, 5) is 64.3. The molecule has 0 spiro atoms. The summed E-state index contributed by atoms with van der Waals surface area (Å²) in [6.45, 7) is 4.97. The molecule has 0 bridgehead atoms. The van der Waals surface area contributed by atoms with E-state index < -0.39 is 47.9 Å². The van der Waals surface area contributed by atoms with Crippen LogP contribution < -0.4 is 5.32 Å². The minimum Gasteiger partial charge on any atom is -0.481 e. The first-order chi connectivity index (χ1) is 15.4. The van der Waals surface area contributed by atoms with Crippen LogP contribution >= 0.6 is 0 Å². The molecule has 3 N–H and O–H groups in total. The van der Waals surface area contributed by atoms with Crippen molar-refractivity contribution >= 4 is 30.2 Å². The summed E-state index contributed by atoms with van der Waals surface area (Å²) in [6.07, 6.45) is -1.04. The Kier molecular flexibility index (Phi) is 11.0. The molecule has 11 nitrogen and oxygen atoms in total. The molecule has 0 aliphatic rings. The number of benzene rings is 1.